The molecule has 23 heavy (non-hydrogen) atoms. The summed E-state index contributed by atoms with van der Waals surface area (Å²) in [5, 5.41) is 5.13. The van der Waals surface area contributed by atoms with Crippen LogP contribution in [0.15, 0.2) is 18.2 Å². The van der Waals surface area contributed by atoms with Gasteiger partial charge in [0.1, 0.15) is 6.04 Å². The van der Waals surface area contributed by atoms with Gasteiger partial charge in [-0.3, -0.25) is 9.69 Å². The van der Waals surface area contributed by atoms with E-state index in [1.54, 1.807) is 0 Å². The Hall–Kier alpha value is -2.22. The summed E-state index contributed by atoms with van der Waals surface area (Å²) in [5.74, 6) is -2.21. The molecular formula is C15H20F2N4O2. The van der Waals surface area contributed by atoms with E-state index in [0.29, 0.717) is 18.5 Å². The van der Waals surface area contributed by atoms with Crippen LogP contribution in [0.1, 0.15) is 24.9 Å². The second-order valence-electron chi connectivity index (χ2n) is 5.73. The number of hydrogen-bond donors (Lipinski definition) is 3. The van der Waals surface area contributed by atoms with Crippen molar-refractivity contribution in [2.45, 2.75) is 31.5 Å². The second kappa shape index (κ2) is 6.91. The van der Waals surface area contributed by atoms with Gasteiger partial charge in [-0.25, -0.2) is 13.6 Å². The summed E-state index contributed by atoms with van der Waals surface area (Å²) in [6.45, 7) is 2.22. The van der Waals surface area contributed by atoms with Gasteiger partial charge in [-0.15, -0.1) is 0 Å². The molecule has 1 heterocycles. The average Bonchev–Trinajstić information content (AvgIpc) is 2.82. The van der Waals surface area contributed by atoms with E-state index in [1.807, 2.05) is 11.9 Å². The molecule has 6 nitrogen and oxygen atoms in total. The molecule has 1 fully saturated rings. The fourth-order valence-corrected chi connectivity index (χ4v) is 2.87. The topological polar surface area (TPSA) is 87.5 Å². The zero-order valence-electron chi connectivity index (χ0n) is 13.0. The van der Waals surface area contributed by atoms with Crippen LogP contribution < -0.4 is 16.4 Å². The van der Waals surface area contributed by atoms with Gasteiger partial charge in [0, 0.05) is 12.6 Å². The van der Waals surface area contributed by atoms with Crippen molar-refractivity contribution in [3.05, 3.63) is 35.4 Å². The third-order valence-electron chi connectivity index (χ3n) is 4.01. The Kier molecular flexibility index (Phi) is 5.15. The third-order valence-corrected chi connectivity index (χ3v) is 4.01. The molecular weight excluding hydrogens is 306 g/mol. The molecule has 0 radical (unpaired) electrons. The smallest absolute Gasteiger partial charge is 0.312 e. The Morgan fingerprint density at radius 1 is 1.35 bits per heavy atom. The zero-order valence-corrected chi connectivity index (χ0v) is 13.0. The van der Waals surface area contributed by atoms with Gasteiger partial charge in [-0.05, 0) is 38.1 Å². The number of hydrogen-bond acceptors (Lipinski definition) is 3. The van der Waals surface area contributed by atoms with Gasteiger partial charge < -0.3 is 16.4 Å². The number of rotatable bonds is 4. The number of carbonyl (C=O) groups is 2. The van der Waals surface area contributed by atoms with Crippen LogP contribution >= 0.6 is 0 Å². The van der Waals surface area contributed by atoms with Gasteiger partial charge in [0.05, 0.1) is 6.04 Å². The average molecular weight is 326 g/mol. The predicted octanol–water partition coefficient (Wildman–Crippen LogP) is 0.883. The Morgan fingerprint density at radius 2 is 2.04 bits per heavy atom. The lowest BCUT2D eigenvalue weighted by molar-refractivity contribution is -0.123. The Labute approximate surface area is 133 Å². The minimum atomic E-state index is -0.920. The predicted molar refractivity (Wildman–Crippen MR) is 80.5 cm³/mol. The molecule has 3 unspecified atom stereocenters. The van der Waals surface area contributed by atoms with Crippen LogP contribution in [0.25, 0.3) is 0 Å². The molecule has 2 rings (SSSR count). The second-order valence-corrected chi connectivity index (χ2v) is 5.73. The highest BCUT2D eigenvalue weighted by Gasteiger charge is 2.35. The third kappa shape index (κ3) is 3.95. The van der Waals surface area contributed by atoms with Gasteiger partial charge in [-0.2, -0.15) is 0 Å². The molecule has 1 saturated heterocycles. The maximum Gasteiger partial charge on any atom is 0.312 e. The number of urea groups is 1. The molecule has 0 bridgehead atoms. The molecule has 1 aliphatic heterocycles. The van der Waals surface area contributed by atoms with Gasteiger partial charge in [0.2, 0.25) is 5.91 Å². The standard InChI is InChI=1S/C15H20F2N4O2/c1-8(19-15(18)23)14(22)20-12-5-6-21(2)13(12)9-3-4-10(16)11(17)7-9/h3-4,7-8,12-13H,5-6H2,1-2H3,(H,20,22)(H3,18,19,23). The maximum atomic E-state index is 13.5. The van der Waals surface area contributed by atoms with E-state index < -0.39 is 23.7 Å². The largest absolute Gasteiger partial charge is 0.352 e. The lowest BCUT2D eigenvalue weighted by Gasteiger charge is -2.27. The summed E-state index contributed by atoms with van der Waals surface area (Å²) in [4.78, 5) is 24.9. The van der Waals surface area contributed by atoms with Crippen molar-refractivity contribution in [1.29, 1.82) is 0 Å². The van der Waals surface area contributed by atoms with Gasteiger partial charge in [0.15, 0.2) is 11.6 Å². The minimum absolute atomic E-state index is 0.269. The molecule has 0 saturated carbocycles. The Morgan fingerprint density at radius 3 is 2.65 bits per heavy atom. The highest BCUT2D eigenvalue weighted by atomic mass is 19.2. The van der Waals surface area contributed by atoms with Crippen molar-refractivity contribution in [2.75, 3.05) is 13.6 Å². The molecule has 1 aromatic carbocycles. The van der Waals surface area contributed by atoms with Crippen LogP contribution in [0.5, 0.6) is 0 Å². The van der Waals surface area contributed by atoms with E-state index in [0.717, 1.165) is 12.1 Å². The normalized spacial score (nSPS) is 22.6. The van der Waals surface area contributed by atoms with Crippen LogP contribution in [-0.4, -0.2) is 42.5 Å². The van der Waals surface area contributed by atoms with E-state index in [9.17, 15) is 18.4 Å². The number of halogens is 2. The fraction of sp³-hybridized carbons (Fsp3) is 0.467. The minimum Gasteiger partial charge on any atom is -0.352 e. The van der Waals surface area contributed by atoms with Crippen LogP contribution in [0.4, 0.5) is 13.6 Å². The van der Waals surface area contributed by atoms with Crippen molar-refractivity contribution in [3.63, 3.8) is 0 Å². The Balaban J connectivity index is 2.13. The summed E-state index contributed by atoms with van der Waals surface area (Å²) in [6.07, 6.45) is 0.662. The van der Waals surface area contributed by atoms with Crippen molar-refractivity contribution in [3.8, 4) is 0 Å². The zero-order chi connectivity index (χ0) is 17.1. The number of amides is 3. The quantitative estimate of drug-likeness (QED) is 0.768. The summed E-state index contributed by atoms with van der Waals surface area (Å²) in [6, 6.07) is 1.63. The fourth-order valence-electron chi connectivity index (χ4n) is 2.87. The van der Waals surface area contributed by atoms with E-state index >= 15 is 0 Å². The molecule has 8 heteroatoms. The van der Waals surface area contributed by atoms with E-state index in [2.05, 4.69) is 10.6 Å². The first-order valence-electron chi connectivity index (χ1n) is 7.31. The first-order chi connectivity index (χ1) is 10.8. The summed E-state index contributed by atoms with van der Waals surface area (Å²) in [7, 11) is 1.85. The molecule has 0 aliphatic carbocycles. The van der Waals surface area contributed by atoms with Crippen LogP contribution in [0, 0.1) is 11.6 Å². The maximum absolute atomic E-state index is 13.5. The highest BCUT2D eigenvalue weighted by Crippen LogP contribution is 2.31. The molecule has 0 spiro atoms. The summed E-state index contributed by atoms with van der Waals surface area (Å²) < 4.78 is 26.6. The first kappa shape index (κ1) is 17.1. The molecule has 4 N–H and O–H groups in total. The number of primary amides is 1. The van der Waals surface area contributed by atoms with Crippen molar-refractivity contribution in [2.24, 2.45) is 5.73 Å². The van der Waals surface area contributed by atoms with Crippen molar-refractivity contribution in [1.82, 2.24) is 15.5 Å². The van der Waals surface area contributed by atoms with E-state index in [1.165, 1.54) is 13.0 Å². The number of carbonyl (C=O) groups excluding carboxylic acids is 2. The van der Waals surface area contributed by atoms with Gasteiger partial charge in [-0.1, -0.05) is 6.07 Å². The van der Waals surface area contributed by atoms with Gasteiger partial charge in [0.25, 0.3) is 0 Å². The summed E-state index contributed by atoms with van der Waals surface area (Å²) >= 11 is 0. The first-order valence-corrected chi connectivity index (χ1v) is 7.31. The van der Waals surface area contributed by atoms with Crippen LogP contribution in [0.2, 0.25) is 0 Å². The Bertz CT molecular complexity index is 611. The number of nitrogens with one attached hydrogen (secondary N) is 2. The molecule has 0 aromatic heterocycles. The molecule has 126 valence electrons. The number of likely N-dealkylation sites (tertiary alicyclic amines) is 1. The number of nitrogens with zero attached hydrogens (tertiary/aromatic N) is 1. The lowest BCUT2D eigenvalue weighted by Crippen LogP contribution is -2.50. The van der Waals surface area contributed by atoms with E-state index in [-0.39, 0.29) is 18.0 Å². The SMILES string of the molecule is CC(NC(N)=O)C(=O)NC1CCN(C)C1c1ccc(F)c(F)c1. The molecule has 3 atom stereocenters. The van der Waals surface area contributed by atoms with Crippen LogP contribution in [0.3, 0.4) is 0 Å². The van der Waals surface area contributed by atoms with Crippen molar-refractivity contribution >= 4 is 11.9 Å². The number of benzene rings is 1. The monoisotopic (exact) mass is 326 g/mol. The highest BCUT2D eigenvalue weighted by molar-refractivity contribution is 5.86. The molecule has 3 amide bonds. The van der Waals surface area contributed by atoms with Crippen LogP contribution in [-0.2, 0) is 4.79 Å². The van der Waals surface area contributed by atoms with Crippen molar-refractivity contribution < 1.29 is 18.4 Å². The number of nitrogens with two attached hydrogens (primary N) is 1. The molecule has 1 aromatic rings. The molecule has 1 aliphatic rings. The number of likely N-dealkylation sites (N-methyl/N-ethyl adjacent to an activating group) is 1. The lowest BCUT2D eigenvalue weighted by atomic mass is 9.99. The van der Waals surface area contributed by atoms with Gasteiger partial charge >= 0.3 is 6.03 Å². The van der Waals surface area contributed by atoms with E-state index in [4.69, 9.17) is 5.73 Å². The summed E-state index contributed by atoms with van der Waals surface area (Å²) in [5.41, 5.74) is 5.58.